The van der Waals surface area contributed by atoms with Crippen LogP contribution in [-0.4, -0.2) is 32.8 Å². The second-order valence-electron chi connectivity index (χ2n) is 7.63. The molecule has 1 atom stereocenters. The van der Waals surface area contributed by atoms with Gasteiger partial charge >= 0.3 is 0 Å². The minimum absolute atomic E-state index is 0.0814. The number of fused-ring (bicyclic) bond motifs is 1. The van der Waals surface area contributed by atoms with Crippen LogP contribution in [0.4, 0.5) is 10.1 Å². The van der Waals surface area contributed by atoms with Crippen molar-refractivity contribution in [1.82, 2.24) is 4.90 Å². The third-order valence-corrected chi connectivity index (χ3v) is 7.58. The van der Waals surface area contributed by atoms with Gasteiger partial charge in [0, 0.05) is 19.2 Å². The zero-order valence-electron chi connectivity index (χ0n) is 17.3. The molecular formula is C24H23FN2O3S. The Hall–Kier alpha value is -3.19. The van der Waals surface area contributed by atoms with Crippen molar-refractivity contribution >= 4 is 21.6 Å². The number of benzene rings is 3. The maximum atomic E-state index is 13.3. The highest BCUT2D eigenvalue weighted by atomic mass is 32.2. The first-order chi connectivity index (χ1) is 14.8. The van der Waals surface area contributed by atoms with E-state index in [2.05, 4.69) is 0 Å². The minimum atomic E-state index is -3.79. The molecule has 0 radical (unpaired) electrons. The van der Waals surface area contributed by atoms with Gasteiger partial charge < -0.3 is 4.90 Å². The number of rotatable bonds is 5. The number of carbonyl (C=O) groups is 1. The molecule has 1 amide bonds. The number of hydrogen-bond acceptors (Lipinski definition) is 3. The summed E-state index contributed by atoms with van der Waals surface area (Å²) in [4.78, 5) is 14.7. The molecule has 4 rings (SSSR count). The van der Waals surface area contributed by atoms with Crippen molar-refractivity contribution in [2.24, 2.45) is 0 Å². The van der Waals surface area contributed by atoms with Crippen LogP contribution in [0.3, 0.4) is 0 Å². The summed E-state index contributed by atoms with van der Waals surface area (Å²) in [5.41, 5.74) is 2.74. The van der Waals surface area contributed by atoms with Gasteiger partial charge in [-0.1, -0.05) is 36.4 Å². The molecule has 0 saturated heterocycles. The summed E-state index contributed by atoms with van der Waals surface area (Å²) in [6.45, 7) is 2.22. The fourth-order valence-electron chi connectivity index (χ4n) is 3.82. The molecule has 0 bridgehead atoms. The van der Waals surface area contributed by atoms with Gasteiger partial charge in [-0.05, 0) is 60.9 Å². The molecule has 1 unspecified atom stereocenters. The van der Waals surface area contributed by atoms with Gasteiger partial charge in [0.15, 0.2) is 0 Å². The van der Waals surface area contributed by atoms with E-state index in [0.717, 1.165) is 11.1 Å². The molecule has 31 heavy (non-hydrogen) atoms. The van der Waals surface area contributed by atoms with Crippen LogP contribution in [0.5, 0.6) is 0 Å². The van der Waals surface area contributed by atoms with Gasteiger partial charge in [0.1, 0.15) is 5.82 Å². The molecule has 1 aliphatic heterocycles. The lowest BCUT2D eigenvalue weighted by molar-refractivity contribution is 0.0742. The van der Waals surface area contributed by atoms with E-state index < -0.39 is 10.0 Å². The molecule has 160 valence electrons. The molecule has 0 N–H and O–H groups in total. The van der Waals surface area contributed by atoms with Gasteiger partial charge in [0.2, 0.25) is 0 Å². The number of halogens is 1. The van der Waals surface area contributed by atoms with Crippen molar-refractivity contribution in [3.05, 3.63) is 95.3 Å². The molecule has 5 nitrogen and oxygen atoms in total. The SMILES string of the molecule is CC(c1ccc(F)cc1)N(C)C(=O)c1cccc(S(=O)(=O)N2CCc3ccccc32)c1. The topological polar surface area (TPSA) is 57.7 Å². The van der Waals surface area contributed by atoms with Gasteiger partial charge in [-0.3, -0.25) is 9.10 Å². The van der Waals surface area contributed by atoms with E-state index in [9.17, 15) is 17.6 Å². The lowest BCUT2D eigenvalue weighted by Crippen LogP contribution is -2.31. The molecule has 1 aliphatic rings. The maximum Gasteiger partial charge on any atom is 0.264 e. The summed E-state index contributed by atoms with van der Waals surface area (Å²) < 4.78 is 41.2. The Balaban J connectivity index is 1.61. The first-order valence-electron chi connectivity index (χ1n) is 10.0. The Morgan fingerprint density at radius 2 is 1.74 bits per heavy atom. The van der Waals surface area contributed by atoms with Crippen LogP contribution in [-0.2, 0) is 16.4 Å². The standard InChI is InChI=1S/C24H23FN2O3S/c1-17(18-10-12-21(25)13-11-18)26(2)24(28)20-7-5-8-22(16-20)31(29,30)27-15-14-19-6-3-4-9-23(19)27/h3-13,16-17H,14-15H2,1-2H3. The molecule has 0 aliphatic carbocycles. The quantitative estimate of drug-likeness (QED) is 0.593. The highest BCUT2D eigenvalue weighted by Crippen LogP contribution is 2.33. The molecule has 3 aromatic carbocycles. The van der Waals surface area contributed by atoms with Crippen LogP contribution in [0, 0.1) is 5.82 Å². The Morgan fingerprint density at radius 3 is 2.48 bits per heavy atom. The fraction of sp³-hybridized carbons (Fsp3) is 0.208. The summed E-state index contributed by atoms with van der Waals surface area (Å²) in [5, 5.41) is 0. The molecule has 0 fully saturated rings. The molecular weight excluding hydrogens is 415 g/mol. The number of amides is 1. The summed E-state index contributed by atoms with van der Waals surface area (Å²) >= 11 is 0. The Labute approximate surface area is 181 Å². The van der Waals surface area contributed by atoms with E-state index in [0.29, 0.717) is 18.7 Å². The number of para-hydroxylation sites is 1. The van der Waals surface area contributed by atoms with Crippen LogP contribution in [0.1, 0.15) is 34.5 Å². The second-order valence-corrected chi connectivity index (χ2v) is 9.49. The highest BCUT2D eigenvalue weighted by molar-refractivity contribution is 7.92. The summed E-state index contributed by atoms with van der Waals surface area (Å²) in [5.74, 6) is -0.651. The lowest BCUT2D eigenvalue weighted by Gasteiger charge is -2.26. The second kappa shape index (κ2) is 8.15. The first-order valence-corrected chi connectivity index (χ1v) is 11.5. The van der Waals surface area contributed by atoms with Crippen LogP contribution >= 0.6 is 0 Å². The smallest absolute Gasteiger partial charge is 0.264 e. The zero-order chi connectivity index (χ0) is 22.2. The van der Waals surface area contributed by atoms with Crippen molar-refractivity contribution in [2.75, 3.05) is 17.9 Å². The number of anilines is 1. The maximum absolute atomic E-state index is 13.3. The predicted octanol–water partition coefficient (Wildman–Crippen LogP) is 4.41. The predicted molar refractivity (Wildman–Crippen MR) is 118 cm³/mol. The van der Waals surface area contributed by atoms with E-state index in [1.54, 1.807) is 37.4 Å². The summed E-state index contributed by atoms with van der Waals surface area (Å²) in [7, 11) is -2.14. The van der Waals surface area contributed by atoms with Crippen molar-refractivity contribution in [3.63, 3.8) is 0 Å². The normalized spacial score (nSPS) is 14.2. The fourth-order valence-corrected chi connectivity index (χ4v) is 5.37. The van der Waals surface area contributed by atoms with E-state index in [-0.39, 0.29) is 28.2 Å². The molecule has 0 aromatic heterocycles. The third kappa shape index (κ3) is 3.93. The molecule has 1 heterocycles. The Morgan fingerprint density at radius 1 is 1.03 bits per heavy atom. The van der Waals surface area contributed by atoms with Crippen molar-refractivity contribution in [2.45, 2.75) is 24.3 Å². The van der Waals surface area contributed by atoms with Gasteiger partial charge in [0.05, 0.1) is 16.6 Å². The van der Waals surface area contributed by atoms with Crippen LogP contribution < -0.4 is 4.31 Å². The van der Waals surface area contributed by atoms with Crippen molar-refractivity contribution in [1.29, 1.82) is 0 Å². The third-order valence-electron chi connectivity index (χ3n) is 5.77. The van der Waals surface area contributed by atoms with Crippen molar-refractivity contribution < 1.29 is 17.6 Å². The minimum Gasteiger partial charge on any atom is -0.335 e. The van der Waals surface area contributed by atoms with Crippen LogP contribution in [0.25, 0.3) is 0 Å². The largest absolute Gasteiger partial charge is 0.335 e. The first kappa shape index (κ1) is 21.1. The molecule has 0 spiro atoms. The molecule has 7 heteroatoms. The summed E-state index contributed by atoms with van der Waals surface area (Å²) in [6.07, 6.45) is 0.659. The number of sulfonamides is 1. The van der Waals surface area contributed by atoms with E-state index in [1.165, 1.54) is 33.5 Å². The average Bonchev–Trinajstić information content (AvgIpc) is 3.23. The zero-order valence-corrected chi connectivity index (χ0v) is 18.1. The highest BCUT2D eigenvalue weighted by Gasteiger charge is 2.31. The van der Waals surface area contributed by atoms with E-state index in [1.807, 2.05) is 25.1 Å². The van der Waals surface area contributed by atoms with Crippen molar-refractivity contribution in [3.8, 4) is 0 Å². The number of nitrogens with zero attached hydrogens (tertiary/aromatic N) is 2. The van der Waals surface area contributed by atoms with Gasteiger partial charge in [-0.2, -0.15) is 0 Å². The number of hydrogen-bond donors (Lipinski definition) is 0. The molecule has 3 aromatic rings. The van der Waals surface area contributed by atoms with Crippen LogP contribution in [0.15, 0.2) is 77.7 Å². The van der Waals surface area contributed by atoms with E-state index in [4.69, 9.17) is 0 Å². The van der Waals surface area contributed by atoms with Gasteiger partial charge in [0.25, 0.3) is 15.9 Å². The summed E-state index contributed by atoms with van der Waals surface area (Å²) in [6, 6.07) is 19.2. The Kier molecular flexibility index (Phi) is 5.54. The van der Waals surface area contributed by atoms with Gasteiger partial charge in [-0.25, -0.2) is 12.8 Å². The van der Waals surface area contributed by atoms with E-state index >= 15 is 0 Å². The average molecular weight is 439 g/mol. The molecule has 0 saturated carbocycles. The monoisotopic (exact) mass is 438 g/mol. The number of carbonyl (C=O) groups excluding carboxylic acids is 1. The Bertz CT molecular complexity index is 1230. The lowest BCUT2D eigenvalue weighted by atomic mass is 10.1. The van der Waals surface area contributed by atoms with Crippen LogP contribution in [0.2, 0.25) is 0 Å². The van der Waals surface area contributed by atoms with Gasteiger partial charge in [-0.15, -0.1) is 0 Å².